The van der Waals surface area contributed by atoms with Gasteiger partial charge in [0, 0.05) is 0 Å². The van der Waals surface area contributed by atoms with Gasteiger partial charge in [-0.2, -0.15) is 0 Å². The molecule has 0 fully saturated rings. The summed E-state index contributed by atoms with van der Waals surface area (Å²) >= 11 is 4.14. The van der Waals surface area contributed by atoms with Gasteiger partial charge in [-0.3, -0.25) is 0 Å². The van der Waals surface area contributed by atoms with Gasteiger partial charge in [0.2, 0.25) is 0 Å². The van der Waals surface area contributed by atoms with E-state index in [1.807, 2.05) is 0 Å². The van der Waals surface area contributed by atoms with Crippen LogP contribution in [0.5, 0.6) is 0 Å². The Bertz CT molecular complexity index is 46.8. The number of hydrogen-bond donors (Lipinski definition) is 0. The normalized spacial score (nSPS) is 5.50. The van der Waals surface area contributed by atoms with Gasteiger partial charge in [0.15, 0.2) is 7.11 Å². The van der Waals surface area contributed by atoms with Crippen LogP contribution < -0.4 is 29.6 Å². The first-order chi connectivity index (χ1) is 2.27. The van der Waals surface area contributed by atoms with Gasteiger partial charge in [-0.25, -0.2) is 0 Å². The van der Waals surface area contributed by atoms with Crippen molar-refractivity contribution in [3.05, 3.63) is 0 Å². The summed E-state index contributed by atoms with van der Waals surface area (Å²) in [5, 5.41) is 6.17. The summed E-state index contributed by atoms with van der Waals surface area (Å²) in [6.07, 6.45) is 0. The van der Waals surface area contributed by atoms with Crippen LogP contribution in [0.4, 0.5) is 0 Å². The van der Waals surface area contributed by atoms with Crippen molar-refractivity contribution in [2.24, 2.45) is 0 Å². The molecule has 4 heteroatoms. The molecule has 0 saturated carbocycles. The minimum atomic E-state index is -0.162. The third kappa shape index (κ3) is 8.83. The molecule has 30 valence electrons. The number of ether oxygens (including phenoxy) is 1. The van der Waals surface area contributed by atoms with Gasteiger partial charge in [0.05, 0.1) is 12.2 Å². The van der Waals surface area contributed by atoms with E-state index in [2.05, 4.69) is 17.0 Å². The third-order valence-electron chi connectivity index (χ3n) is 0.185. The van der Waals surface area contributed by atoms with Gasteiger partial charge in [0.1, 0.15) is 0 Å². The molecule has 6 heavy (non-hydrogen) atoms. The molecule has 0 aliphatic rings. The zero-order valence-corrected chi connectivity index (χ0v) is 6.63. The molecule has 0 aliphatic heterocycles. The first-order valence-corrected chi connectivity index (χ1v) is 1.47. The van der Waals surface area contributed by atoms with E-state index in [4.69, 9.17) is 5.11 Å². The van der Waals surface area contributed by atoms with Crippen LogP contribution in [0, 0.1) is 0 Å². The Labute approximate surface area is 63.8 Å². The van der Waals surface area contributed by atoms with Crippen molar-refractivity contribution < 1.29 is 39.4 Å². The Morgan fingerprint density at radius 1 is 1.83 bits per heavy atom. The van der Waals surface area contributed by atoms with Gasteiger partial charge in [-0.15, -0.1) is 0 Å². The second-order valence-corrected chi connectivity index (χ2v) is 0.862. The number of hydrogen-bond acceptors (Lipinski definition) is 2. The molecule has 2 N–H and O–H groups in total. The van der Waals surface area contributed by atoms with Crippen LogP contribution >= 0.6 is 12.2 Å². The molecule has 0 atom stereocenters. The zero-order valence-electron chi connectivity index (χ0n) is 3.82. The van der Waals surface area contributed by atoms with Crippen molar-refractivity contribution in [2.75, 3.05) is 7.11 Å². The van der Waals surface area contributed by atoms with Crippen LogP contribution in [0.2, 0.25) is 0 Å². The molecule has 0 saturated heterocycles. The fourth-order valence-corrected chi connectivity index (χ4v) is 0. The van der Waals surface area contributed by atoms with Crippen molar-refractivity contribution in [3.8, 4) is 0 Å². The monoisotopic (exact) mass is 116 g/mol. The van der Waals surface area contributed by atoms with Crippen molar-refractivity contribution in [3.63, 3.8) is 0 Å². The van der Waals surface area contributed by atoms with E-state index in [-0.39, 0.29) is 34.8 Å². The second-order valence-electron chi connectivity index (χ2n) is 0.492. The third-order valence-corrected chi connectivity index (χ3v) is 0.352. The van der Waals surface area contributed by atoms with Crippen molar-refractivity contribution >= 4 is 17.5 Å². The Kier molecular flexibility index (Phi) is 9.34. The van der Waals surface area contributed by atoms with Gasteiger partial charge in [-0.1, -0.05) is 0 Å². The standard InChI is InChI=1S/C2H4O2S.Na/c1-4-2(3)5;/h1H3,(H,3,5);/q;+1/p+1. The van der Waals surface area contributed by atoms with Crippen molar-refractivity contribution in [1.29, 1.82) is 0 Å². The molecule has 0 rings (SSSR count). The molecule has 0 bridgehead atoms. The Morgan fingerprint density at radius 3 is 2.00 bits per heavy atom. The first-order valence-electron chi connectivity index (χ1n) is 1.07. The number of thiocarbonyl (C=S) groups is 1. The summed E-state index contributed by atoms with van der Waals surface area (Å²) in [5.74, 6) is 0. The summed E-state index contributed by atoms with van der Waals surface area (Å²) in [6.45, 7) is 0. The smallest absolute Gasteiger partial charge is 0.557 e. The molecule has 0 aromatic carbocycles. The van der Waals surface area contributed by atoms with E-state index in [0.717, 1.165) is 0 Å². The van der Waals surface area contributed by atoms with E-state index >= 15 is 0 Å². The maximum atomic E-state index is 6.34. The minimum Gasteiger partial charge on any atom is -0.557 e. The summed E-state index contributed by atoms with van der Waals surface area (Å²) in [5.41, 5.74) is 0. The predicted octanol–water partition coefficient (Wildman–Crippen LogP) is -3.35. The quantitative estimate of drug-likeness (QED) is 0.188. The van der Waals surface area contributed by atoms with Gasteiger partial charge < -0.3 is 9.84 Å². The Balaban J connectivity index is 0. The molecule has 2 nitrogen and oxygen atoms in total. The van der Waals surface area contributed by atoms with E-state index in [1.54, 1.807) is 0 Å². The van der Waals surface area contributed by atoms with E-state index in [9.17, 15) is 0 Å². The maximum absolute atomic E-state index is 6.34. The molecule has 0 unspecified atom stereocenters. The van der Waals surface area contributed by atoms with Crippen LogP contribution in [-0.4, -0.2) is 17.5 Å². The minimum absolute atomic E-state index is 0. The van der Waals surface area contributed by atoms with Crippen molar-refractivity contribution in [1.82, 2.24) is 0 Å². The molecular formula is C2H5NaO2S+2. The summed E-state index contributed by atoms with van der Waals surface area (Å²) in [4.78, 5) is 0. The first kappa shape index (κ1) is 9.85. The summed E-state index contributed by atoms with van der Waals surface area (Å²) < 4.78 is 4.15. The molecule has 0 amide bonds. The zero-order chi connectivity index (χ0) is 4.28. The SMILES string of the molecule is COC([OH2+])=S.[Na+]. The van der Waals surface area contributed by atoms with Crippen LogP contribution in [0.25, 0.3) is 0 Å². The van der Waals surface area contributed by atoms with Crippen LogP contribution in [-0.2, 0) is 4.74 Å². The molecule has 0 aromatic rings. The Hall–Kier alpha value is 0.690. The number of rotatable bonds is 0. The predicted molar refractivity (Wildman–Crippen MR) is 23.2 cm³/mol. The topological polar surface area (TPSA) is 32.1 Å². The Morgan fingerprint density at radius 2 is 2.00 bits per heavy atom. The molecule has 0 radical (unpaired) electrons. The molecule has 0 aliphatic carbocycles. The molecule has 0 spiro atoms. The van der Waals surface area contributed by atoms with Crippen LogP contribution in [0.1, 0.15) is 0 Å². The second kappa shape index (κ2) is 5.69. The van der Waals surface area contributed by atoms with Crippen LogP contribution in [0.3, 0.4) is 0 Å². The van der Waals surface area contributed by atoms with E-state index < -0.39 is 0 Å². The fraction of sp³-hybridized carbons (Fsp3) is 0.500. The number of methoxy groups -OCH3 is 1. The molecule has 0 aromatic heterocycles. The molecular weight excluding hydrogens is 111 g/mol. The summed E-state index contributed by atoms with van der Waals surface area (Å²) in [7, 11) is 1.37. The van der Waals surface area contributed by atoms with E-state index in [1.165, 1.54) is 7.11 Å². The van der Waals surface area contributed by atoms with Crippen molar-refractivity contribution in [2.45, 2.75) is 0 Å². The maximum Gasteiger partial charge on any atom is 1.00 e. The average Bonchev–Trinajstić information content (AvgIpc) is 1.38. The van der Waals surface area contributed by atoms with Gasteiger partial charge >= 0.3 is 34.8 Å². The van der Waals surface area contributed by atoms with Crippen LogP contribution in [0.15, 0.2) is 0 Å². The fourth-order valence-electron chi connectivity index (χ4n) is 0. The van der Waals surface area contributed by atoms with E-state index in [0.29, 0.717) is 0 Å². The largest absolute Gasteiger partial charge is 1.00 e. The van der Waals surface area contributed by atoms with Gasteiger partial charge in [0.25, 0.3) is 0 Å². The van der Waals surface area contributed by atoms with Gasteiger partial charge in [-0.05, 0) is 0 Å². The summed E-state index contributed by atoms with van der Waals surface area (Å²) in [6, 6.07) is 0. The average molecular weight is 116 g/mol. The molecule has 0 heterocycles.